The lowest BCUT2D eigenvalue weighted by molar-refractivity contribution is 0.0958. The van der Waals surface area contributed by atoms with Gasteiger partial charge in [-0.15, -0.1) is 0 Å². The minimum Gasteiger partial charge on any atom is -0.493 e. The van der Waals surface area contributed by atoms with Gasteiger partial charge in [0, 0.05) is 17.3 Å². The summed E-state index contributed by atoms with van der Waals surface area (Å²) in [7, 11) is 3.09. The van der Waals surface area contributed by atoms with Gasteiger partial charge >= 0.3 is 0 Å². The SMILES string of the molecule is COc1ccc(CN(C(=O)c2cc(=O)c3cc(Cl)ccc3o2)c2ccccn2)cc1OC. The third kappa shape index (κ3) is 4.29. The second-order valence-corrected chi connectivity index (χ2v) is 7.32. The summed E-state index contributed by atoms with van der Waals surface area (Å²) >= 11 is 5.98. The van der Waals surface area contributed by atoms with Crippen molar-refractivity contribution in [2.75, 3.05) is 19.1 Å². The molecule has 2 aromatic carbocycles. The summed E-state index contributed by atoms with van der Waals surface area (Å²) in [4.78, 5) is 31.8. The zero-order valence-corrected chi connectivity index (χ0v) is 18.1. The van der Waals surface area contributed by atoms with Crippen molar-refractivity contribution in [2.24, 2.45) is 0 Å². The minimum atomic E-state index is -0.507. The number of methoxy groups -OCH3 is 2. The Kier molecular flexibility index (Phi) is 6.09. The van der Waals surface area contributed by atoms with E-state index in [1.807, 2.05) is 6.07 Å². The zero-order chi connectivity index (χ0) is 22.7. The summed E-state index contributed by atoms with van der Waals surface area (Å²) < 4.78 is 16.4. The van der Waals surface area contributed by atoms with Crippen LogP contribution < -0.4 is 19.8 Å². The molecule has 0 saturated carbocycles. The van der Waals surface area contributed by atoms with Gasteiger partial charge in [-0.25, -0.2) is 4.98 Å². The predicted octanol–water partition coefficient (Wildman–Crippen LogP) is 4.71. The van der Waals surface area contributed by atoms with E-state index in [-0.39, 0.29) is 23.3 Å². The van der Waals surface area contributed by atoms with Gasteiger partial charge in [0.05, 0.1) is 26.2 Å². The fraction of sp³-hybridized carbons (Fsp3) is 0.125. The molecule has 0 fully saturated rings. The lowest BCUT2D eigenvalue weighted by Crippen LogP contribution is -2.31. The standard InChI is InChI=1S/C24H19ClN2O5/c1-30-20-8-6-15(11-21(20)31-2)14-27(23-5-3-4-10-26-23)24(29)22-13-18(28)17-12-16(25)7-9-19(17)32-22/h3-13H,14H2,1-2H3. The van der Waals surface area contributed by atoms with Gasteiger partial charge in [0.15, 0.2) is 22.7 Å². The molecule has 8 heteroatoms. The van der Waals surface area contributed by atoms with Crippen LogP contribution in [0.1, 0.15) is 16.1 Å². The third-order valence-corrected chi connectivity index (χ3v) is 5.09. The number of pyridine rings is 1. The number of carbonyl (C=O) groups excluding carboxylic acids is 1. The van der Waals surface area contributed by atoms with Crippen LogP contribution in [0.4, 0.5) is 5.82 Å². The molecule has 2 heterocycles. The molecule has 32 heavy (non-hydrogen) atoms. The number of halogens is 1. The van der Waals surface area contributed by atoms with Gasteiger partial charge in [0.25, 0.3) is 5.91 Å². The van der Waals surface area contributed by atoms with Crippen LogP contribution in [-0.4, -0.2) is 25.1 Å². The van der Waals surface area contributed by atoms with Crippen molar-refractivity contribution in [2.45, 2.75) is 6.54 Å². The molecular weight excluding hydrogens is 432 g/mol. The van der Waals surface area contributed by atoms with E-state index < -0.39 is 5.91 Å². The van der Waals surface area contributed by atoms with Crippen LogP contribution in [0.5, 0.6) is 11.5 Å². The highest BCUT2D eigenvalue weighted by atomic mass is 35.5. The molecule has 0 bridgehead atoms. The van der Waals surface area contributed by atoms with Crippen molar-refractivity contribution >= 4 is 34.3 Å². The molecule has 2 aromatic heterocycles. The van der Waals surface area contributed by atoms with Crippen LogP contribution in [0.3, 0.4) is 0 Å². The molecule has 4 aromatic rings. The predicted molar refractivity (Wildman–Crippen MR) is 122 cm³/mol. The van der Waals surface area contributed by atoms with E-state index in [2.05, 4.69) is 4.98 Å². The van der Waals surface area contributed by atoms with Crippen LogP contribution in [-0.2, 0) is 6.54 Å². The number of fused-ring (bicyclic) bond motifs is 1. The number of hydrogen-bond acceptors (Lipinski definition) is 6. The second-order valence-electron chi connectivity index (χ2n) is 6.88. The van der Waals surface area contributed by atoms with Crippen molar-refractivity contribution in [3.8, 4) is 11.5 Å². The molecule has 162 valence electrons. The average Bonchev–Trinajstić information content (AvgIpc) is 2.82. The van der Waals surface area contributed by atoms with Crippen molar-refractivity contribution in [1.29, 1.82) is 0 Å². The molecular formula is C24H19ClN2O5. The molecule has 0 aliphatic carbocycles. The van der Waals surface area contributed by atoms with E-state index in [0.717, 1.165) is 5.56 Å². The lowest BCUT2D eigenvalue weighted by atomic mass is 10.1. The highest BCUT2D eigenvalue weighted by Gasteiger charge is 2.23. The molecule has 0 N–H and O–H groups in total. The van der Waals surface area contributed by atoms with Gasteiger partial charge in [-0.1, -0.05) is 23.7 Å². The first-order valence-electron chi connectivity index (χ1n) is 9.67. The molecule has 7 nitrogen and oxygen atoms in total. The summed E-state index contributed by atoms with van der Waals surface area (Å²) in [5, 5.41) is 0.714. The first-order chi connectivity index (χ1) is 15.5. The highest BCUT2D eigenvalue weighted by Crippen LogP contribution is 2.29. The molecule has 0 unspecified atom stereocenters. The topological polar surface area (TPSA) is 81.9 Å². The van der Waals surface area contributed by atoms with Crippen LogP contribution >= 0.6 is 11.6 Å². The smallest absolute Gasteiger partial charge is 0.295 e. The molecule has 0 saturated heterocycles. The summed E-state index contributed by atoms with van der Waals surface area (Å²) in [5.74, 6) is 0.910. The number of ether oxygens (including phenoxy) is 2. The van der Waals surface area contributed by atoms with Crippen LogP contribution in [0.2, 0.25) is 5.02 Å². The monoisotopic (exact) mass is 450 g/mol. The fourth-order valence-electron chi connectivity index (χ4n) is 3.30. The quantitative estimate of drug-likeness (QED) is 0.423. The number of benzene rings is 2. The van der Waals surface area contributed by atoms with E-state index >= 15 is 0 Å². The Morgan fingerprint density at radius 3 is 2.56 bits per heavy atom. The number of carbonyl (C=O) groups is 1. The number of nitrogens with zero attached hydrogens (tertiary/aromatic N) is 2. The molecule has 0 radical (unpaired) electrons. The maximum absolute atomic E-state index is 13.5. The van der Waals surface area contributed by atoms with Gasteiger partial charge in [0.1, 0.15) is 11.4 Å². The minimum absolute atomic E-state index is 0.101. The largest absolute Gasteiger partial charge is 0.493 e. The number of aromatic nitrogens is 1. The number of rotatable bonds is 6. The van der Waals surface area contributed by atoms with E-state index in [0.29, 0.717) is 27.7 Å². The molecule has 0 atom stereocenters. The molecule has 0 aliphatic rings. The van der Waals surface area contributed by atoms with Gasteiger partial charge in [0.2, 0.25) is 0 Å². The third-order valence-electron chi connectivity index (χ3n) is 4.86. The Labute approximate surface area is 188 Å². The average molecular weight is 451 g/mol. The van der Waals surface area contributed by atoms with Crippen LogP contribution in [0, 0.1) is 0 Å². The number of amides is 1. The summed E-state index contributed by atoms with van der Waals surface area (Å²) in [6, 6.07) is 16.4. The summed E-state index contributed by atoms with van der Waals surface area (Å²) in [6.45, 7) is 0.165. The Hall–Kier alpha value is -3.84. The normalized spacial score (nSPS) is 10.7. The van der Waals surface area contributed by atoms with E-state index in [4.69, 9.17) is 25.5 Å². The van der Waals surface area contributed by atoms with Crippen LogP contribution in [0.25, 0.3) is 11.0 Å². The van der Waals surface area contributed by atoms with Gasteiger partial charge in [-0.2, -0.15) is 0 Å². The van der Waals surface area contributed by atoms with Gasteiger partial charge in [-0.05, 0) is 48.0 Å². The van der Waals surface area contributed by atoms with Crippen molar-refractivity contribution in [3.63, 3.8) is 0 Å². The fourth-order valence-corrected chi connectivity index (χ4v) is 3.47. The second kappa shape index (κ2) is 9.11. The van der Waals surface area contributed by atoms with E-state index in [1.54, 1.807) is 62.9 Å². The summed E-state index contributed by atoms with van der Waals surface area (Å²) in [5.41, 5.74) is 0.693. The maximum Gasteiger partial charge on any atom is 0.295 e. The molecule has 4 rings (SSSR count). The summed E-state index contributed by atoms with van der Waals surface area (Å²) in [6.07, 6.45) is 1.59. The number of hydrogen-bond donors (Lipinski definition) is 0. The highest BCUT2D eigenvalue weighted by molar-refractivity contribution is 6.31. The molecule has 1 amide bonds. The lowest BCUT2D eigenvalue weighted by Gasteiger charge is -2.22. The Bertz CT molecular complexity index is 1340. The first-order valence-corrected chi connectivity index (χ1v) is 10.0. The van der Waals surface area contributed by atoms with Crippen molar-refractivity contribution in [3.05, 3.63) is 93.4 Å². The van der Waals surface area contributed by atoms with Gasteiger partial charge < -0.3 is 13.9 Å². The molecule has 0 aliphatic heterocycles. The maximum atomic E-state index is 13.5. The molecule has 0 spiro atoms. The van der Waals surface area contributed by atoms with Gasteiger partial charge in [-0.3, -0.25) is 14.5 Å². The Morgan fingerprint density at radius 2 is 1.84 bits per heavy atom. The van der Waals surface area contributed by atoms with Crippen LogP contribution in [0.15, 0.2) is 76.1 Å². The first kappa shape index (κ1) is 21.4. The van der Waals surface area contributed by atoms with Crippen molar-refractivity contribution in [1.82, 2.24) is 4.98 Å². The Morgan fingerprint density at radius 1 is 1.03 bits per heavy atom. The Balaban J connectivity index is 1.76. The zero-order valence-electron chi connectivity index (χ0n) is 17.4. The van der Waals surface area contributed by atoms with E-state index in [1.165, 1.54) is 17.0 Å². The van der Waals surface area contributed by atoms with Crippen molar-refractivity contribution < 1.29 is 18.7 Å². The number of anilines is 1. The van der Waals surface area contributed by atoms with E-state index in [9.17, 15) is 9.59 Å².